The molecule has 2 nitrogen and oxygen atoms in total. The molecule has 0 spiro atoms. The van der Waals surface area contributed by atoms with E-state index in [-0.39, 0.29) is 5.78 Å². The highest BCUT2D eigenvalue weighted by Crippen LogP contribution is 2.41. The highest BCUT2D eigenvalue weighted by molar-refractivity contribution is 8.00. The van der Waals surface area contributed by atoms with E-state index in [1.54, 1.807) is 13.0 Å². The van der Waals surface area contributed by atoms with Crippen molar-refractivity contribution in [2.75, 3.05) is 4.72 Å². The smallest absolute Gasteiger partial charge is 0.159 e. The number of ketones is 1. The van der Waals surface area contributed by atoms with Gasteiger partial charge >= 0.3 is 0 Å². The monoisotopic (exact) mass is 463 g/mol. The molecule has 0 amide bonds. The van der Waals surface area contributed by atoms with Crippen LogP contribution in [0.4, 0.5) is 5.69 Å². The van der Waals surface area contributed by atoms with Gasteiger partial charge < -0.3 is 4.72 Å². The van der Waals surface area contributed by atoms with Gasteiger partial charge in [0.25, 0.3) is 0 Å². The third-order valence-electron chi connectivity index (χ3n) is 4.87. The fourth-order valence-corrected chi connectivity index (χ4v) is 4.56. The minimum Gasteiger partial charge on any atom is -0.324 e. The normalized spacial score (nSPS) is 10.7. The minimum absolute atomic E-state index is 0.0225. The van der Waals surface area contributed by atoms with Crippen LogP contribution in [0, 0.1) is 0 Å². The third-order valence-corrected chi connectivity index (χ3v) is 6.41. The van der Waals surface area contributed by atoms with Gasteiger partial charge in [0.15, 0.2) is 5.78 Å². The summed E-state index contributed by atoms with van der Waals surface area (Å²) < 4.78 is 3.50. The van der Waals surface area contributed by atoms with Crippen LogP contribution in [0.1, 0.15) is 17.3 Å². The molecule has 5 heteroatoms. The Balaban J connectivity index is 1.88. The molecule has 0 atom stereocenters. The first-order valence-corrected chi connectivity index (χ1v) is 11.3. The van der Waals surface area contributed by atoms with Crippen LogP contribution < -0.4 is 4.72 Å². The number of halogens is 2. The maximum Gasteiger partial charge on any atom is 0.159 e. The Labute approximate surface area is 196 Å². The topological polar surface area (TPSA) is 29.1 Å². The number of rotatable bonds is 6. The van der Waals surface area contributed by atoms with Crippen molar-refractivity contribution in [2.45, 2.75) is 11.8 Å². The summed E-state index contributed by atoms with van der Waals surface area (Å²) in [4.78, 5) is 13.2. The Morgan fingerprint density at radius 2 is 1.32 bits per heavy atom. The average Bonchev–Trinajstić information content (AvgIpc) is 2.79. The molecule has 4 rings (SSSR count). The molecule has 0 fully saturated rings. The molecule has 0 unspecified atom stereocenters. The number of nitrogens with one attached hydrogen (secondary N) is 1. The van der Waals surface area contributed by atoms with Gasteiger partial charge in [-0.2, -0.15) is 0 Å². The second kappa shape index (κ2) is 9.61. The second-order valence-corrected chi connectivity index (χ2v) is 8.71. The fraction of sp³-hybridized carbons (Fsp3) is 0.0385. The summed E-state index contributed by atoms with van der Waals surface area (Å²) >= 11 is 13.8. The zero-order valence-corrected chi connectivity index (χ0v) is 19.1. The molecular weight excluding hydrogens is 445 g/mol. The van der Waals surface area contributed by atoms with Crippen molar-refractivity contribution < 1.29 is 4.79 Å². The lowest BCUT2D eigenvalue weighted by molar-refractivity contribution is 0.101. The van der Waals surface area contributed by atoms with Crippen LogP contribution in [0.15, 0.2) is 95.9 Å². The van der Waals surface area contributed by atoms with Crippen LogP contribution in [0.25, 0.3) is 22.3 Å². The van der Waals surface area contributed by atoms with Crippen molar-refractivity contribution in [3.63, 3.8) is 0 Å². The van der Waals surface area contributed by atoms with E-state index in [0.717, 1.165) is 32.8 Å². The molecule has 4 aromatic rings. The largest absolute Gasteiger partial charge is 0.324 e. The summed E-state index contributed by atoms with van der Waals surface area (Å²) in [6.45, 7) is 1.59. The van der Waals surface area contributed by atoms with E-state index in [4.69, 9.17) is 23.2 Å². The van der Waals surface area contributed by atoms with Gasteiger partial charge in [-0.3, -0.25) is 4.79 Å². The Hall–Kier alpha value is -2.72. The Bertz CT molecular complexity index is 1170. The van der Waals surface area contributed by atoms with Crippen molar-refractivity contribution in [1.82, 2.24) is 0 Å². The van der Waals surface area contributed by atoms with Gasteiger partial charge in [-0.1, -0.05) is 83.9 Å². The van der Waals surface area contributed by atoms with Crippen LogP contribution in [0.3, 0.4) is 0 Å². The highest BCUT2D eigenvalue weighted by Gasteiger charge is 2.17. The molecule has 0 aromatic heterocycles. The minimum atomic E-state index is 0.0225. The van der Waals surface area contributed by atoms with Gasteiger partial charge in [-0.25, -0.2) is 0 Å². The summed E-state index contributed by atoms with van der Waals surface area (Å²) in [6.07, 6.45) is 0. The SMILES string of the molecule is CC(=O)c1cc(-c2ccccc2)c(NSc2ccc(Cl)cc2Cl)c(-c2ccccc2)c1. The maximum atomic E-state index is 12.3. The lowest BCUT2D eigenvalue weighted by Gasteiger charge is -2.19. The molecule has 0 radical (unpaired) electrons. The van der Waals surface area contributed by atoms with Gasteiger partial charge in [-0.05, 0) is 60.3 Å². The van der Waals surface area contributed by atoms with Crippen LogP contribution in [0.5, 0.6) is 0 Å². The Morgan fingerprint density at radius 1 is 0.774 bits per heavy atom. The van der Waals surface area contributed by atoms with Gasteiger partial charge in [0.05, 0.1) is 10.7 Å². The van der Waals surface area contributed by atoms with E-state index in [0.29, 0.717) is 15.6 Å². The third kappa shape index (κ3) is 4.96. The van der Waals surface area contributed by atoms with Crippen LogP contribution >= 0.6 is 35.1 Å². The molecule has 154 valence electrons. The van der Waals surface area contributed by atoms with Crippen molar-refractivity contribution in [3.05, 3.63) is 107 Å². The molecule has 0 aliphatic heterocycles. The lowest BCUT2D eigenvalue weighted by atomic mass is 9.92. The van der Waals surface area contributed by atoms with Crippen molar-refractivity contribution in [2.24, 2.45) is 0 Å². The van der Waals surface area contributed by atoms with Gasteiger partial charge in [-0.15, -0.1) is 0 Å². The molecule has 0 aliphatic carbocycles. The Morgan fingerprint density at radius 3 is 1.81 bits per heavy atom. The van der Waals surface area contributed by atoms with Crippen molar-refractivity contribution in [3.8, 4) is 22.3 Å². The molecule has 0 saturated carbocycles. The van der Waals surface area contributed by atoms with Gasteiger partial charge in [0, 0.05) is 26.6 Å². The highest BCUT2D eigenvalue weighted by atomic mass is 35.5. The van der Waals surface area contributed by atoms with Crippen molar-refractivity contribution >= 4 is 46.6 Å². The van der Waals surface area contributed by atoms with Crippen LogP contribution in [-0.2, 0) is 0 Å². The predicted octanol–water partition coefficient (Wildman–Crippen LogP) is 8.65. The maximum absolute atomic E-state index is 12.3. The van der Waals surface area contributed by atoms with E-state index in [1.807, 2.05) is 84.9 Å². The summed E-state index contributed by atoms with van der Waals surface area (Å²) in [5.74, 6) is 0.0225. The van der Waals surface area contributed by atoms with E-state index < -0.39 is 0 Å². The van der Waals surface area contributed by atoms with Crippen LogP contribution in [-0.4, -0.2) is 5.78 Å². The van der Waals surface area contributed by atoms with Crippen molar-refractivity contribution in [1.29, 1.82) is 0 Å². The molecule has 0 aliphatic rings. The van der Waals surface area contributed by atoms with Gasteiger partial charge in [0.2, 0.25) is 0 Å². The van der Waals surface area contributed by atoms with Crippen LogP contribution in [0.2, 0.25) is 10.0 Å². The number of hydrogen-bond donors (Lipinski definition) is 1. The summed E-state index contributed by atoms with van der Waals surface area (Å²) in [7, 11) is 0. The quantitative estimate of drug-likeness (QED) is 0.229. The molecule has 4 aromatic carbocycles. The van der Waals surface area contributed by atoms with E-state index in [2.05, 4.69) is 4.72 Å². The van der Waals surface area contributed by atoms with E-state index in [1.165, 1.54) is 11.9 Å². The summed E-state index contributed by atoms with van der Waals surface area (Å²) in [5, 5.41) is 1.17. The number of Topliss-reactive ketones (excluding diaryl/α,β-unsaturated/α-hetero) is 1. The number of hydrogen-bond acceptors (Lipinski definition) is 3. The number of anilines is 1. The standard InChI is InChI=1S/C26H19Cl2NOS/c1-17(30)20-14-22(18-8-4-2-5-9-18)26(23(15-20)19-10-6-3-7-11-19)29-31-25-13-12-21(27)16-24(25)28/h2-16,29H,1H3. The Kier molecular flexibility index (Phi) is 6.67. The zero-order valence-electron chi connectivity index (χ0n) is 16.7. The number of benzene rings is 4. The van der Waals surface area contributed by atoms with E-state index in [9.17, 15) is 4.79 Å². The fourth-order valence-electron chi connectivity index (χ4n) is 3.31. The first-order chi connectivity index (χ1) is 15.0. The molecule has 0 heterocycles. The first kappa shape index (κ1) is 21.5. The first-order valence-electron chi connectivity index (χ1n) is 9.70. The summed E-state index contributed by atoms with van der Waals surface area (Å²) in [6, 6.07) is 29.4. The number of carbonyl (C=O) groups is 1. The molecule has 0 saturated heterocycles. The molecule has 31 heavy (non-hydrogen) atoms. The zero-order chi connectivity index (χ0) is 21.8. The number of carbonyl (C=O) groups excluding carboxylic acids is 1. The average molecular weight is 464 g/mol. The second-order valence-electron chi connectivity index (χ2n) is 7.01. The molecule has 0 bridgehead atoms. The molecular formula is C26H19Cl2NOS. The van der Waals surface area contributed by atoms with E-state index >= 15 is 0 Å². The molecule has 1 N–H and O–H groups in total. The summed E-state index contributed by atoms with van der Waals surface area (Å²) in [5.41, 5.74) is 5.52. The van der Waals surface area contributed by atoms with Gasteiger partial charge in [0.1, 0.15) is 0 Å². The predicted molar refractivity (Wildman–Crippen MR) is 133 cm³/mol. The lowest BCUT2D eigenvalue weighted by Crippen LogP contribution is -2.00.